The predicted molar refractivity (Wildman–Crippen MR) is 121 cm³/mol. The normalized spacial score (nSPS) is 11.2. The molecule has 0 radical (unpaired) electrons. The summed E-state index contributed by atoms with van der Waals surface area (Å²) in [6.45, 7) is 6.83. The second kappa shape index (κ2) is 10.3. The summed E-state index contributed by atoms with van der Waals surface area (Å²) in [6.07, 6.45) is 1.09. The van der Waals surface area contributed by atoms with E-state index in [0.717, 1.165) is 6.26 Å². The number of aromatic nitrogens is 2. The lowest BCUT2D eigenvalue weighted by atomic mass is 10.2. The highest BCUT2D eigenvalue weighted by molar-refractivity contribution is 7.90. The van der Waals surface area contributed by atoms with Crippen LogP contribution in [0.25, 0.3) is 11.5 Å². The summed E-state index contributed by atoms with van der Waals surface area (Å²) < 4.78 is 45.8. The number of carbonyl (C=O) groups excluding carboxylic acids is 1. The van der Waals surface area contributed by atoms with E-state index >= 15 is 0 Å². The third kappa shape index (κ3) is 5.80. The van der Waals surface area contributed by atoms with Crippen LogP contribution >= 0.6 is 0 Å². The number of carbonyl (C=O) groups is 1. The topological polar surface area (TPSA) is 130 Å². The van der Waals surface area contributed by atoms with Crippen LogP contribution in [-0.2, 0) is 9.84 Å². The van der Waals surface area contributed by atoms with Gasteiger partial charge in [-0.05, 0) is 57.2 Å². The molecule has 1 N–H and O–H groups in total. The number of hydrogen-bond acceptors (Lipinski definition) is 9. The van der Waals surface area contributed by atoms with Gasteiger partial charge in [0.05, 0.1) is 24.7 Å². The van der Waals surface area contributed by atoms with E-state index in [1.807, 2.05) is 20.8 Å². The Bertz CT molecular complexity index is 1190. The molecule has 0 atom stereocenters. The molecule has 33 heavy (non-hydrogen) atoms. The zero-order valence-electron chi connectivity index (χ0n) is 18.7. The highest BCUT2D eigenvalue weighted by Crippen LogP contribution is 2.41. The largest absolute Gasteiger partial charge is 0.490 e. The van der Waals surface area contributed by atoms with Crippen molar-refractivity contribution in [3.05, 3.63) is 42.0 Å². The molecular weight excluding hydrogens is 450 g/mol. The van der Waals surface area contributed by atoms with Crippen molar-refractivity contribution in [3.63, 3.8) is 0 Å². The minimum atomic E-state index is -3.36. The molecule has 1 aromatic heterocycles. The lowest BCUT2D eigenvalue weighted by Gasteiger charge is -2.16. The Morgan fingerprint density at radius 2 is 1.52 bits per heavy atom. The molecule has 3 rings (SSSR count). The van der Waals surface area contributed by atoms with Crippen molar-refractivity contribution in [3.8, 4) is 28.7 Å². The summed E-state index contributed by atoms with van der Waals surface area (Å²) in [5.74, 6) is 1.03. The third-order valence-corrected chi connectivity index (χ3v) is 5.47. The van der Waals surface area contributed by atoms with Gasteiger partial charge >= 0.3 is 6.01 Å². The maximum Gasteiger partial charge on any atom is 0.322 e. The fourth-order valence-electron chi connectivity index (χ4n) is 2.93. The monoisotopic (exact) mass is 475 g/mol. The van der Waals surface area contributed by atoms with Crippen LogP contribution in [0.3, 0.4) is 0 Å². The summed E-state index contributed by atoms with van der Waals surface area (Å²) in [4.78, 5) is 12.6. The number of hydrogen-bond donors (Lipinski definition) is 1. The Hall–Kier alpha value is -3.60. The van der Waals surface area contributed by atoms with Gasteiger partial charge in [0, 0.05) is 17.4 Å². The number of anilines is 1. The molecule has 0 bridgehead atoms. The molecule has 0 fully saturated rings. The molecule has 0 spiro atoms. The van der Waals surface area contributed by atoms with E-state index in [9.17, 15) is 13.2 Å². The minimum absolute atomic E-state index is 0.116. The Labute approximate surface area is 191 Å². The summed E-state index contributed by atoms with van der Waals surface area (Å²) >= 11 is 0. The van der Waals surface area contributed by atoms with Gasteiger partial charge in [-0.3, -0.25) is 10.1 Å². The fourth-order valence-corrected chi connectivity index (χ4v) is 3.56. The van der Waals surface area contributed by atoms with Crippen molar-refractivity contribution < 1.29 is 31.8 Å². The summed E-state index contributed by atoms with van der Waals surface area (Å²) in [7, 11) is -3.36. The average molecular weight is 476 g/mol. The van der Waals surface area contributed by atoms with E-state index in [0.29, 0.717) is 42.6 Å². The molecule has 3 aromatic rings. The Balaban J connectivity index is 1.85. The highest BCUT2D eigenvalue weighted by atomic mass is 32.2. The van der Waals surface area contributed by atoms with Gasteiger partial charge < -0.3 is 18.6 Å². The number of nitrogens with one attached hydrogen (secondary N) is 1. The van der Waals surface area contributed by atoms with Crippen molar-refractivity contribution in [1.29, 1.82) is 0 Å². The van der Waals surface area contributed by atoms with E-state index in [-0.39, 0.29) is 22.4 Å². The quantitative estimate of drug-likeness (QED) is 0.467. The van der Waals surface area contributed by atoms with Gasteiger partial charge in [-0.25, -0.2) is 8.42 Å². The number of amides is 1. The van der Waals surface area contributed by atoms with E-state index in [1.54, 1.807) is 12.1 Å². The minimum Gasteiger partial charge on any atom is -0.490 e. The van der Waals surface area contributed by atoms with Crippen LogP contribution in [0.4, 0.5) is 6.01 Å². The van der Waals surface area contributed by atoms with Gasteiger partial charge in [0.15, 0.2) is 21.3 Å². The molecule has 0 aliphatic carbocycles. The van der Waals surface area contributed by atoms with E-state index in [4.69, 9.17) is 18.6 Å². The first-order chi connectivity index (χ1) is 15.8. The zero-order valence-corrected chi connectivity index (χ0v) is 19.6. The molecule has 2 aromatic carbocycles. The van der Waals surface area contributed by atoms with Crippen LogP contribution in [0.15, 0.2) is 45.7 Å². The van der Waals surface area contributed by atoms with Gasteiger partial charge in [0.25, 0.3) is 5.91 Å². The molecule has 0 saturated heterocycles. The Morgan fingerprint density at radius 1 is 0.939 bits per heavy atom. The highest BCUT2D eigenvalue weighted by Gasteiger charge is 2.20. The van der Waals surface area contributed by atoms with Crippen molar-refractivity contribution in [2.24, 2.45) is 0 Å². The standard InChI is InChI=1S/C22H25N3O7S/c1-5-29-17-12-15(13-18(30-6-2)19(17)31-7-3)21-24-25-22(32-21)23-20(26)14-8-10-16(11-9-14)33(4,27)28/h8-13H,5-7H2,1-4H3,(H,23,25,26). The van der Waals surface area contributed by atoms with Gasteiger partial charge in [-0.2, -0.15) is 0 Å². The maximum atomic E-state index is 12.5. The van der Waals surface area contributed by atoms with Crippen molar-refractivity contribution in [1.82, 2.24) is 10.2 Å². The SMILES string of the molecule is CCOc1cc(-c2nnc(NC(=O)c3ccc(S(C)(=O)=O)cc3)o2)cc(OCC)c1OCC. The van der Waals surface area contributed by atoms with Crippen molar-refractivity contribution in [2.45, 2.75) is 25.7 Å². The molecule has 0 unspecified atom stereocenters. The van der Waals surface area contributed by atoms with Crippen LogP contribution in [0, 0.1) is 0 Å². The molecule has 1 amide bonds. The predicted octanol–water partition coefficient (Wildman–Crippen LogP) is 3.59. The zero-order chi connectivity index (χ0) is 24.0. The Morgan fingerprint density at radius 3 is 2.03 bits per heavy atom. The second-order valence-corrected chi connectivity index (χ2v) is 8.78. The van der Waals surface area contributed by atoms with Crippen molar-refractivity contribution in [2.75, 3.05) is 31.4 Å². The molecule has 10 nitrogen and oxygen atoms in total. The fraction of sp³-hybridized carbons (Fsp3) is 0.318. The number of nitrogens with zero attached hydrogens (tertiary/aromatic N) is 2. The smallest absolute Gasteiger partial charge is 0.322 e. The lowest BCUT2D eigenvalue weighted by molar-refractivity contribution is 0.102. The molecule has 0 aliphatic rings. The van der Waals surface area contributed by atoms with Gasteiger partial charge in [-0.1, -0.05) is 5.10 Å². The Kier molecular flexibility index (Phi) is 7.54. The van der Waals surface area contributed by atoms with Crippen LogP contribution in [0.5, 0.6) is 17.2 Å². The molecule has 1 heterocycles. The summed E-state index contributed by atoms with van der Waals surface area (Å²) in [6, 6.07) is 8.78. The van der Waals surface area contributed by atoms with Gasteiger partial charge in [0.1, 0.15) is 0 Å². The first-order valence-corrected chi connectivity index (χ1v) is 12.2. The molecule has 176 valence electrons. The second-order valence-electron chi connectivity index (χ2n) is 6.76. The van der Waals surface area contributed by atoms with Crippen LogP contribution in [-0.4, -0.2) is 50.6 Å². The van der Waals surface area contributed by atoms with Gasteiger partial charge in [0.2, 0.25) is 11.6 Å². The van der Waals surface area contributed by atoms with Crippen LogP contribution in [0.1, 0.15) is 31.1 Å². The molecule has 0 saturated carbocycles. The average Bonchev–Trinajstić information content (AvgIpc) is 3.24. The number of ether oxygens (including phenoxy) is 3. The van der Waals surface area contributed by atoms with Crippen LogP contribution < -0.4 is 19.5 Å². The first kappa shape index (κ1) is 24.1. The van der Waals surface area contributed by atoms with E-state index in [1.165, 1.54) is 24.3 Å². The van der Waals surface area contributed by atoms with Crippen molar-refractivity contribution >= 4 is 21.8 Å². The molecule has 11 heteroatoms. The van der Waals surface area contributed by atoms with E-state index < -0.39 is 15.7 Å². The number of rotatable bonds is 10. The molecule has 0 aliphatic heterocycles. The first-order valence-electron chi connectivity index (χ1n) is 10.3. The summed E-state index contributed by atoms with van der Waals surface area (Å²) in [5.41, 5.74) is 0.760. The number of sulfone groups is 1. The van der Waals surface area contributed by atoms with Gasteiger partial charge in [-0.15, -0.1) is 5.10 Å². The lowest BCUT2D eigenvalue weighted by Crippen LogP contribution is -2.12. The van der Waals surface area contributed by atoms with Crippen LogP contribution in [0.2, 0.25) is 0 Å². The summed E-state index contributed by atoms with van der Waals surface area (Å²) in [5, 5.41) is 10.4. The maximum absolute atomic E-state index is 12.5. The number of benzene rings is 2. The third-order valence-electron chi connectivity index (χ3n) is 4.35. The van der Waals surface area contributed by atoms with E-state index in [2.05, 4.69) is 15.5 Å². The molecular formula is C22H25N3O7S.